The Morgan fingerprint density at radius 1 is 1.16 bits per heavy atom. The average Bonchev–Trinajstić information content (AvgIpc) is 3.48. The van der Waals surface area contributed by atoms with Crippen LogP contribution in [-0.4, -0.2) is 36.6 Å². The van der Waals surface area contributed by atoms with Crippen LogP contribution in [0.5, 0.6) is 0 Å². The number of carbonyl (C=O) groups is 1. The van der Waals surface area contributed by atoms with Gasteiger partial charge in [-0.1, -0.05) is 6.07 Å². The highest BCUT2D eigenvalue weighted by Gasteiger charge is 2.35. The molecule has 1 atom stereocenters. The van der Waals surface area contributed by atoms with Crippen LogP contribution >= 0.6 is 11.3 Å². The van der Waals surface area contributed by atoms with Crippen molar-refractivity contribution in [2.24, 2.45) is 5.92 Å². The summed E-state index contributed by atoms with van der Waals surface area (Å²) in [5, 5.41) is 1.96. The Balaban J connectivity index is 1.52. The highest BCUT2D eigenvalue weighted by molar-refractivity contribution is 7.89. The number of hydrogen-bond donors (Lipinski definition) is 0. The highest BCUT2D eigenvalue weighted by Crippen LogP contribution is 2.27. The standard InChI is InChI=1S/C22H23FN2O4S2/c23-18-7-9-21(10-8-18)31(27,28)25-11-1-4-17(14-25)22(26)24(15-19-5-2-12-29-19)16-20-6-3-13-30-20/h2-3,5-10,12-13,17H,1,4,11,14-16H2/t17-/m0/s1. The number of hydrogen-bond acceptors (Lipinski definition) is 5. The van der Waals surface area contributed by atoms with Crippen LogP contribution in [0.4, 0.5) is 4.39 Å². The second kappa shape index (κ2) is 9.33. The van der Waals surface area contributed by atoms with Gasteiger partial charge in [-0.05, 0) is 60.7 Å². The van der Waals surface area contributed by atoms with Crippen LogP contribution in [0.25, 0.3) is 0 Å². The van der Waals surface area contributed by atoms with Crippen LogP contribution in [0.1, 0.15) is 23.5 Å². The monoisotopic (exact) mass is 462 g/mol. The molecule has 2 aromatic heterocycles. The van der Waals surface area contributed by atoms with Gasteiger partial charge < -0.3 is 9.32 Å². The molecule has 0 aliphatic carbocycles. The molecule has 3 aromatic rings. The van der Waals surface area contributed by atoms with Crippen molar-refractivity contribution in [1.82, 2.24) is 9.21 Å². The van der Waals surface area contributed by atoms with Crippen molar-refractivity contribution in [2.75, 3.05) is 13.1 Å². The van der Waals surface area contributed by atoms with Gasteiger partial charge >= 0.3 is 0 Å². The molecule has 1 amide bonds. The first-order chi connectivity index (χ1) is 14.9. The van der Waals surface area contributed by atoms with E-state index in [1.54, 1.807) is 28.6 Å². The first-order valence-corrected chi connectivity index (χ1v) is 12.3. The second-order valence-electron chi connectivity index (χ2n) is 7.51. The fourth-order valence-electron chi connectivity index (χ4n) is 3.77. The Kier molecular flexibility index (Phi) is 6.54. The summed E-state index contributed by atoms with van der Waals surface area (Å²) in [6, 6.07) is 12.3. The molecule has 0 radical (unpaired) electrons. The van der Waals surface area contributed by atoms with Crippen LogP contribution in [0.3, 0.4) is 0 Å². The van der Waals surface area contributed by atoms with Crippen molar-refractivity contribution in [3.63, 3.8) is 0 Å². The van der Waals surface area contributed by atoms with Gasteiger partial charge in [0, 0.05) is 18.0 Å². The van der Waals surface area contributed by atoms with Crippen LogP contribution in [0.15, 0.2) is 69.5 Å². The summed E-state index contributed by atoms with van der Waals surface area (Å²) in [6.45, 7) is 1.22. The Morgan fingerprint density at radius 2 is 1.97 bits per heavy atom. The molecule has 3 heterocycles. The predicted molar refractivity (Wildman–Crippen MR) is 115 cm³/mol. The van der Waals surface area contributed by atoms with E-state index < -0.39 is 21.8 Å². The maximum absolute atomic E-state index is 13.4. The van der Waals surface area contributed by atoms with E-state index in [0.29, 0.717) is 38.2 Å². The quantitative estimate of drug-likeness (QED) is 0.530. The van der Waals surface area contributed by atoms with Gasteiger partial charge in [-0.15, -0.1) is 11.3 Å². The summed E-state index contributed by atoms with van der Waals surface area (Å²) in [4.78, 5) is 16.2. The summed E-state index contributed by atoms with van der Waals surface area (Å²) in [5.74, 6) is -0.355. The van der Waals surface area contributed by atoms with Gasteiger partial charge in [-0.25, -0.2) is 12.8 Å². The van der Waals surface area contributed by atoms with Crippen LogP contribution in [0.2, 0.25) is 0 Å². The van der Waals surface area contributed by atoms with E-state index in [1.165, 1.54) is 16.4 Å². The molecule has 0 bridgehead atoms. The molecular formula is C22H23FN2O4S2. The molecule has 4 rings (SSSR count). The van der Waals surface area contributed by atoms with Gasteiger partial charge in [-0.3, -0.25) is 4.79 Å². The first-order valence-electron chi connectivity index (χ1n) is 10.0. The van der Waals surface area contributed by atoms with Crippen molar-refractivity contribution in [1.29, 1.82) is 0 Å². The van der Waals surface area contributed by atoms with E-state index >= 15 is 0 Å². The molecule has 1 fully saturated rings. The van der Waals surface area contributed by atoms with E-state index in [1.807, 2.05) is 23.6 Å². The third-order valence-electron chi connectivity index (χ3n) is 5.35. The molecule has 1 aliphatic rings. The number of benzene rings is 1. The lowest BCUT2D eigenvalue weighted by molar-refractivity contribution is -0.138. The molecule has 9 heteroatoms. The molecule has 1 saturated heterocycles. The fraction of sp³-hybridized carbons (Fsp3) is 0.318. The maximum Gasteiger partial charge on any atom is 0.243 e. The number of carbonyl (C=O) groups excluding carboxylic acids is 1. The number of piperidine rings is 1. The largest absolute Gasteiger partial charge is 0.467 e. The zero-order valence-electron chi connectivity index (χ0n) is 16.8. The number of amides is 1. The highest BCUT2D eigenvalue weighted by atomic mass is 32.2. The molecule has 6 nitrogen and oxygen atoms in total. The zero-order valence-corrected chi connectivity index (χ0v) is 18.4. The molecule has 31 heavy (non-hydrogen) atoms. The molecule has 1 aromatic carbocycles. The van der Waals surface area contributed by atoms with Crippen molar-refractivity contribution < 1.29 is 22.0 Å². The normalized spacial score (nSPS) is 17.5. The number of sulfonamides is 1. The van der Waals surface area contributed by atoms with Crippen molar-refractivity contribution in [3.05, 3.63) is 76.6 Å². The number of halogens is 1. The van der Waals surface area contributed by atoms with Crippen LogP contribution in [0, 0.1) is 11.7 Å². The van der Waals surface area contributed by atoms with Crippen molar-refractivity contribution in [3.8, 4) is 0 Å². The second-order valence-corrected chi connectivity index (χ2v) is 10.5. The average molecular weight is 463 g/mol. The third-order valence-corrected chi connectivity index (χ3v) is 8.09. The summed E-state index contributed by atoms with van der Waals surface area (Å²) < 4.78 is 46.0. The minimum Gasteiger partial charge on any atom is -0.467 e. The van der Waals surface area contributed by atoms with E-state index in [0.717, 1.165) is 17.0 Å². The number of furan rings is 1. The van der Waals surface area contributed by atoms with E-state index in [9.17, 15) is 17.6 Å². The molecular weight excluding hydrogens is 439 g/mol. The maximum atomic E-state index is 13.4. The topological polar surface area (TPSA) is 70.8 Å². The Morgan fingerprint density at radius 3 is 2.65 bits per heavy atom. The molecule has 0 saturated carbocycles. The summed E-state index contributed by atoms with van der Waals surface area (Å²) in [5.41, 5.74) is 0. The third kappa shape index (κ3) is 5.06. The molecule has 164 valence electrons. The predicted octanol–water partition coefficient (Wildman–Crippen LogP) is 4.11. The zero-order chi connectivity index (χ0) is 21.8. The smallest absolute Gasteiger partial charge is 0.243 e. The van der Waals surface area contributed by atoms with E-state index in [-0.39, 0.29) is 17.3 Å². The van der Waals surface area contributed by atoms with E-state index in [2.05, 4.69) is 0 Å². The molecule has 0 N–H and O–H groups in total. The van der Waals surface area contributed by atoms with Gasteiger partial charge in [0.2, 0.25) is 15.9 Å². The lowest BCUT2D eigenvalue weighted by Crippen LogP contribution is -2.46. The van der Waals surface area contributed by atoms with Gasteiger partial charge in [0.15, 0.2) is 0 Å². The summed E-state index contributed by atoms with van der Waals surface area (Å²) in [7, 11) is -3.79. The van der Waals surface area contributed by atoms with E-state index in [4.69, 9.17) is 4.42 Å². The molecule has 0 spiro atoms. The Labute approximate surface area is 185 Å². The van der Waals surface area contributed by atoms with Crippen LogP contribution in [-0.2, 0) is 27.9 Å². The van der Waals surface area contributed by atoms with Crippen molar-refractivity contribution in [2.45, 2.75) is 30.8 Å². The van der Waals surface area contributed by atoms with Gasteiger partial charge in [-0.2, -0.15) is 4.31 Å². The lowest BCUT2D eigenvalue weighted by Gasteiger charge is -2.34. The number of rotatable bonds is 7. The fourth-order valence-corrected chi connectivity index (χ4v) is 6.01. The molecule has 0 unspecified atom stereocenters. The summed E-state index contributed by atoms with van der Waals surface area (Å²) in [6.07, 6.45) is 2.78. The first kappa shape index (κ1) is 21.7. The summed E-state index contributed by atoms with van der Waals surface area (Å²) >= 11 is 1.57. The minimum atomic E-state index is -3.79. The Bertz CT molecular complexity index is 1060. The number of thiophene rings is 1. The number of nitrogens with zero attached hydrogens (tertiary/aromatic N) is 2. The van der Waals surface area contributed by atoms with Crippen LogP contribution < -0.4 is 0 Å². The van der Waals surface area contributed by atoms with Crippen molar-refractivity contribution >= 4 is 27.3 Å². The van der Waals surface area contributed by atoms with Gasteiger partial charge in [0.1, 0.15) is 11.6 Å². The lowest BCUT2D eigenvalue weighted by atomic mass is 9.98. The van der Waals surface area contributed by atoms with Gasteiger partial charge in [0.05, 0.1) is 30.2 Å². The molecule has 1 aliphatic heterocycles. The SMILES string of the molecule is O=C([C@H]1CCCN(S(=O)(=O)c2ccc(F)cc2)C1)N(Cc1ccco1)Cc1cccs1. The Hall–Kier alpha value is -2.49. The minimum absolute atomic E-state index is 0.0352. The van der Waals surface area contributed by atoms with Gasteiger partial charge in [0.25, 0.3) is 0 Å².